The predicted molar refractivity (Wildman–Crippen MR) is 85.5 cm³/mol. The van der Waals surface area contributed by atoms with Gasteiger partial charge in [-0.25, -0.2) is 9.78 Å². The molecule has 0 radical (unpaired) electrons. The van der Waals surface area contributed by atoms with E-state index in [0.29, 0.717) is 22.8 Å². The molecule has 0 saturated heterocycles. The van der Waals surface area contributed by atoms with Crippen LogP contribution in [0.2, 0.25) is 0 Å². The van der Waals surface area contributed by atoms with Crippen molar-refractivity contribution in [3.8, 4) is 11.4 Å². The lowest BCUT2D eigenvalue weighted by Gasteiger charge is -2.01. The summed E-state index contributed by atoms with van der Waals surface area (Å²) in [5, 5.41) is 0. The maximum atomic E-state index is 11.5. The van der Waals surface area contributed by atoms with Crippen LogP contribution in [0.1, 0.15) is 10.4 Å². The smallest absolute Gasteiger partial charge is 0.340 e. The highest BCUT2D eigenvalue weighted by Crippen LogP contribution is 2.25. The molecule has 3 rings (SSSR count). The summed E-state index contributed by atoms with van der Waals surface area (Å²) in [6.07, 6.45) is 0. The van der Waals surface area contributed by atoms with E-state index in [1.54, 1.807) is 30.3 Å². The second kappa shape index (κ2) is 5.07. The fourth-order valence-corrected chi connectivity index (χ4v) is 2.20. The van der Waals surface area contributed by atoms with Gasteiger partial charge in [0.1, 0.15) is 5.82 Å². The fourth-order valence-electron chi connectivity index (χ4n) is 2.06. The van der Waals surface area contributed by atoms with Crippen LogP contribution < -0.4 is 11.5 Å². The van der Waals surface area contributed by atoms with E-state index in [2.05, 4.69) is 14.5 Å². The van der Waals surface area contributed by atoms with Crippen molar-refractivity contribution in [2.75, 3.05) is 11.5 Å². The SMILES string of the molecule is Nc1ccc(-c2nc3ccc(C(=O)OP)cc3[nH]2)cc1N. The molecule has 0 bridgehead atoms. The van der Waals surface area contributed by atoms with Gasteiger partial charge in [-0.05, 0) is 36.4 Å². The molecule has 7 heteroatoms. The van der Waals surface area contributed by atoms with Gasteiger partial charge >= 0.3 is 5.97 Å². The van der Waals surface area contributed by atoms with E-state index in [9.17, 15) is 4.79 Å². The number of hydrogen-bond acceptors (Lipinski definition) is 5. The zero-order valence-corrected chi connectivity index (χ0v) is 12.1. The van der Waals surface area contributed by atoms with Crippen LogP contribution in [0.5, 0.6) is 0 Å². The van der Waals surface area contributed by atoms with E-state index in [4.69, 9.17) is 11.5 Å². The van der Waals surface area contributed by atoms with Crippen LogP contribution in [-0.2, 0) is 4.52 Å². The number of anilines is 2. The number of carbonyl (C=O) groups excluding carboxylic acids is 1. The summed E-state index contributed by atoms with van der Waals surface area (Å²) >= 11 is 0. The molecule has 0 spiro atoms. The second-order valence-electron chi connectivity index (χ2n) is 4.57. The molecule has 0 aliphatic rings. The third-order valence-corrected chi connectivity index (χ3v) is 3.40. The highest BCUT2D eigenvalue weighted by Gasteiger charge is 2.10. The first-order valence-corrected chi connectivity index (χ1v) is 6.62. The summed E-state index contributed by atoms with van der Waals surface area (Å²) in [7, 11) is 1.94. The number of rotatable bonds is 2. The molecule has 0 fully saturated rings. The number of imidazole rings is 1. The van der Waals surface area contributed by atoms with Gasteiger partial charge in [-0.15, -0.1) is 0 Å². The summed E-state index contributed by atoms with van der Waals surface area (Å²) in [5.41, 5.74) is 15.3. The van der Waals surface area contributed by atoms with Gasteiger partial charge in [0.2, 0.25) is 0 Å². The molecule has 6 nitrogen and oxygen atoms in total. The van der Waals surface area contributed by atoms with Gasteiger partial charge in [-0.2, -0.15) is 0 Å². The van der Waals surface area contributed by atoms with Crippen molar-refractivity contribution in [2.24, 2.45) is 0 Å². The standard InChI is InChI=1S/C14H13N4O2P/c15-9-3-1-7(5-10(9)16)13-17-11-4-2-8(14(19)20-21)6-12(11)18-13/h1-6H,15-16,21H2,(H,17,18). The van der Waals surface area contributed by atoms with Crippen LogP contribution in [0.3, 0.4) is 0 Å². The van der Waals surface area contributed by atoms with Gasteiger partial charge < -0.3 is 21.0 Å². The average molecular weight is 300 g/mol. The fraction of sp³-hybridized carbons (Fsp3) is 0. The van der Waals surface area contributed by atoms with Crippen LogP contribution in [0.4, 0.5) is 11.4 Å². The summed E-state index contributed by atoms with van der Waals surface area (Å²) < 4.78 is 4.62. The van der Waals surface area contributed by atoms with E-state index in [-0.39, 0.29) is 0 Å². The molecule has 0 amide bonds. The van der Waals surface area contributed by atoms with E-state index >= 15 is 0 Å². The monoisotopic (exact) mass is 300 g/mol. The van der Waals surface area contributed by atoms with Crippen molar-refractivity contribution in [1.29, 1.82) is 0 Å². The Morgan fingerprint density at radius 2 is 1.95 bits per heavy atom. The molecule has 21 heavy (non-hydrogen) atoms. The van der Waals surface area contributed by atoms with E-state index in [0.717, 1.165) is 16.6 Å². The number of nitrogens with zero attached hydrogens (tertiary/aromatic N) is 1. The van der Waals surface area contributed by atoms with Gasteiger partial charge in [0.15, 0.2) is 0 Å². The molecule has 0 saturated carbocycles. The molecule has 1 heterocycles. The van der Waals surface area contributed by atoms with E-state index in [1.807, 2.05) is 15.5 Å². The summed E-state index contributed by atoms with van der Waals surface area (Å²) in [5.74, 6) is 0.239. The van der Waals surface area contributed by atoms with E-state index in [1.165, 1.54) is 0 Å². The molecule has 1 unspecified atom stereocenters. The lowest BCUT2D eigenvalue weighted by molar-refractivity contribution is 0.0766. The lowest BCUT2D eigenvalue weighted by atomic mass is 10.1. The largest absolute Gasteiger partial charge is 0.448 e. The average Bonchev–Trinajstić information content (AvgIpc) is 2.92. The number of nitrogen functional groups attached to an aromatic ring is 2. The number of aromatic nitrogens is 2. The van der Waals surface area contributed by atoms with Crippen molar-refractivity contribution < 1.29 is 9.32 Å². The Morgan fingerprint density at radius 3 is 2.67 bits per heavy atom. The summed E-state index contributed by atoms with van der Waals surface area (Å²) in [4.78, 5) is 19.1. The van der Waals surface area contributed by atoms with Gasteiger partial charge in [-0.1, -0.05) is 0 Å². The third kappa shape index (κ3) is 2.41. The number of H-pyrrole nitrogens is 1. The van der Waals surface area contributed by atoms with Gasteiger partial charge in [0.25, 0.3) is 0 Å². The third-order valence-electron chi connectivity index (χ3n) is 3.18. The molecule has 106 valence electrons. The number of carbonyl (C=O) groups is 1. The van der Waals surface area contributed by atoms with Crippen molar-refractivity contribution in [3.05, 3.63) is 42.0 Å². The molecule has 0 aliphatic carbocycles. The lowest BCUT2D eigenvalue weighted by Crippen LogP contribution is -1.96. The van der Waals surface area contributed by atoms with Crippen LogP contribution in [0.15, 0.2) is 36.4 Å². The summed E-state index contributed by atoms with van der Waals surface area (Å²) in [6, 6.07) is 10.4. The molecule has 1 atom stereocenters. The molecule has 3 aromatic rings. The van der Waals surface area contributed by atoms with Crippen molar-refractivity contribution >= 4 is 37.8 Å². The Bertz CT molecular complexity index is 844. The molecule has 0 aliphatic heterocycles. The Balaban J connectivity index is 2.08. The maximum Gasteiger partial charge on any atom is 0.340 e. The Morgan fingerprint density at radius 1 is 1.14 bits per heavy atom. The van der Waals surface area contributed by atoms with Gasteiger partial charge in [-0.3, -0.25) is 0 Å². The highest BCUT2D eigenvalue weighted by atomic mass is 31.0. The maximum absolute atomic E-state index is 11.5. The highest BCUT2D eigenvalue weighted by molar-refractivity contribution is 7.10. The Hall–Kier alpha value is -2.59. The Kier molecular flexibility index (Phi) is 3.23. The zero-order valence-electron chi connectivity index (χ0n) is 11.0. The summed E-state index contributed by atoms with van der Waals surface area (Å²) in [6.45, 7) is 0. The van der Waals surface area contributed by atoms with Gasteiger partial charge in [0, 0.05) is 5.56 Å². The first-order valence-electron chi connectivity index (χ1n) is 6.14. The van der Waals surface area contributed by atoms with Crippen LogP contribution in [-0.4, -0.2) is 15.9 Å². The zero-order chi connectivity index (χ0) is 15.0. The second-order valence-corrected chi connectivity index (χ2v) is 4.80. The molecular weight excluding hydrogens is 287 g/mol. The normalized spacial score (nSPS) is 10.7. The Labute approximate surface area is 122 Å². The minimum absolute atomic E-state index is 0.422. The van der Waals surface area contributed by atoms with Crippen molar-refractivity contribution in [3.63, 3.8) is 0 Å². The van der Waals surface area contributed by atoms with Crippen molar-refractivity contribution in [1.82, 2.24) is 9.97 Å². The first kappa shape index (κ1) is 13.4. The predicted octanol–water partition coefficient (Wildman–Crippen LogP) is 2.34. The van der Waals surface area contributed by atoms with Crippen molar-refractivity contribution in [2.45, 2.75) is 0 Å². The number of benzene rings is 2. The molecule has 5 N–H and O–H groups in total. The van der Waals surface area contributed by atoms with Crippen LogP contribution in [0, 0.1) is 0 Å². The topological polar surface area (TPSA) is 107 Å². The number of aromatic amines is 1. The van der Waals surface area contributed by atoms with Crippen LogP contribution >= 0.6 is 9.47 Å². The van der Waals surface area contributed by atoms with Gasteiger partial charge in [0.05, 0.1) is 37.4 Å². The number of nitrogens with two attached hydrogens (primary N) is 2. The number of hydrogen-bond donors (Lipinski definition) is 3. The minimum Gasteiger partial charge on any atom is -0.448 e. The van der Waals surface area contributed by atoms with Crippen LogP contribution in [0.25, 0.3) is 22.4 Å². The van der Waals surface area contributed by atoms with E-state index < -0.39 is 5.97 Å². The molecule has 2 aromatic carbocycles. The first-order chi connectivity index (χ1) is 10.1. The molecular formula is C14H13N4O2P. The number of fused-ring (bicyclic) bond motifs is 1. The number of nitrogens with one attached hydrogen (secondary N) is 1. The minimum atomic E-state index is -0.422. The quantitative estimate of drug-likeness (QED) is 0.497. The molecule has 1 aromatic heterocycles.